The summed E-state index contributed by atoms with van der Waals surface area (Å²) in [6.45, 7) is 3.30. The number of phenolic OH excluding ortho intramolecular Hbond substituents is 1. The highest BCUT2D eigenvalue weighted by Gasteiger charge is 2.32. The number of halogens is 1. The second-order valence-electron chi connectivity index (χ2n) is 12.1. The fourth-order valence-electron chi connectivity index (χ4n) is 5.37. The number of carbonyl (C=O) groups is 5. The molecule has 0 aliphatic heterocycles. The molecule has 0 aliphatic carbocycles. The molecule has 0 saturated heterocycles. The largest absolute Gasteiger partial charge is 0.617 e. The maximum absolute atomic E-state index is 13.8. The van der Waals surface area contributed by atoms with Crippen LogP contribution in [-0.2, 0) is 52.7 Å². The number of nitrogens with two attached hydrogens (primary N) is 2. The fourth-order valence-corrected chi connectivity index (χ4v) is 5.95. The van der Waals surface area contributed by atoms with Gasteiger partial charge in [0.2, 0.25) is 23.6 Å². The zero-order chi connectivity index (χ0) is 36.5. The van der Waals surface area contributed by atoms with E-state index in [2.05, 4.69) is 15.4 Å². The minimum absolute atomic E-state index is 0. The summed E-state index contributed by atoms with van der Waals surface area (Å²) in [7, 11) is 1.33. The Labute approximate surface area is 303 Å². The van der Waals surface area contributed by atoms with Crippen molar-refractivity contribution in [2.24, 2.45) is 11.5 Å². The molecule has 0 heterocycles. The Morgan fingerprint density at radius 3 is 2.14 bits per heavy atom. The summed E-state index contributed by atoms with van der Waals surface area (Å²) in [5.41, 5.74) is 15.3. The first-order valence-electron chi connectivity index (χ1n) is 16.4. The van der Waals surface area contributed by atoms with E-state index in [1.165, 1.54) is 18.3 Å². The Morgan fingerprint density at radius 1 is 0.920 bits per heavy atom. The molecule has 4 atom stereocenters. The summed E-state index contributed by atoms with van der Waals surface area (Å²) in [6.07, 6.45) is 4.52. The number of carbonyl (C=O) groups excluding carboxylic acids is 5. The SMILES string of the molecule is COC(=O)CCCCCCN(C(=O)CNC(=O)[C@@H](N)Cc1c(C)cc(O)cc1C)[C@@H](Cc1ccccc1)C(=O)NC(=O)C(N)CC[S+](C)[O-].Cl. The zero-order valence-electron chi connectivity index (χ0n) is 29.3. The molecule has 13 nitrogen and oxygen atoms in total. The maximum atomic E-state index is 13.8. The first-order chi connectivity index (χ1) is 23.2. The lowest BCUT2D eigenvalue weighted by molar-refractivity contribution is -0.143. The van der Waals surface area contributed by atoms with Crippen molar-refractivity contribution in [1.29, 1.82) is 0 Å². The molecule has 0 bridgehead atoms. The van der Waals surface area contributed by atoms with Gasteiger partial charge in [-0.25, -0.2) is 0 Å². The van der Waals surface area contributed by atoms with Crippen LogP contribution in [0, 0.1) is 13.8 Å². The summed E-state index contributed by atoms with van der Waals surface area (Å²) in [5, 5.41) is 14.8. The number of rotatable bonds is 20. The van der Waals surface area contributed by atoms with Gasteiger partial charge in [0, 0.05) is 25.8 Å². The number of hydrogen-bond acceptors (Lipinski definition) is 10. The number of nitrogens with zero attached hydrogens (tertiary/aromatic N) is 1. The minimum atomic E-state index is -1.18. The lowest BCUT2D eigenvalue weighted by atomic mass is 9.96. The Kier molecular flexibility index (Phi) is 20.3. The molecule has 4 amide bonds. The van der Waals surface area contributed by atoms with Gasteiger partial charge in [0.25, 0.3) is 0 Å². The number of unbranched alkanes of at least 4 members (excludes halogenated alkanes) is 3. The number of aromatic hydroxyl groups is 1. The van der Waals surface area contributed by atoms with Gasteiger partial charge >= 0.3 is 5.97 Å². The average Bonchev–Trinajstić information content (AvgIpc) is 3.06. The van der Waals surface area contributed by atoms with E-state index in [1.807, 2.05) is 19.9 Å². The predicted molar refractivity (Wildman–Crippen MR) is 195 cm³/mol. The smallest absolute Gasteiger partial charge is 0.305 e. The molecular formula is C35H52ClN5O8S. The molecule has 0 saturated carbocycles. The van der Waals surface area contributed by atoms with E-state index in [-0.39, 0.29) is 62.1 Å². The van der Waals surface area contributed by atoms with Gasteiger partial charge in [-0.15, -0.1) is 12.4 Å². The van der Waals surface area contributed by atoms with Crippen LogP contribution in [0.15, 0.2) is 42.5 Å². The van der Waals surface area contributed by atoms with Gasteiger partial charge in [0.05, 0.1) is 32.0 Å². The van der Waals surface area contributed by atoms with Crippen molar-refractivity contribution in [3.05, 3.63) is 64.7 Å². The van der Waals surface area contributed by atoms with Crippen molar-refractivity contribution in [1.82, 2.24) is 15.5 Å². The second kappa shape index (κ2) is 22.9. The number of amides is 4. The number of benzene rings is 2. The first kappa shape index (κ1) is 44.3. The second-order valence-corrected chi connectivity index (χ2v) is 13.7. The van der Waals surface area contributed by atoms with Gasteiger partial charge in [-0.1, -0.05) is 54.3 Å². The van der Waals surface area contributed by atoms with Crippen molar-refractivity contribution in [3.63, 3.8) is 0 Å². The minimum Gasteiger partial charge on any atom is -0.617 e. The molecule has 0 aliphatic rings. The molecule has 7 N–H and O–H groups in total. The highest BCUT2D eigenvalue weighted by molar-refractivity contribution is 7.90. The van der Waals surface area contributed by atoms with Gasteiger partial charge in [-0.3, -0.25) is 29.3 Å². The van der Waals surface area contributed by atoms with Crippen molar-refractivity contribution in [2.75, 3.05) is 32.2 Å². The summed E-state index contributed by atoms with van der Waals surface area (Å²) in [6, 6.07) is 8.98. The number of hydrogen-bond donors (Lipinski definition) is 5. The molecule has 2 aromatic carbocycles. The number of ether oxygens (including phenoxy) is 1. The van der Waals surface area contributed by atoms with E-state index in [9.17, 15) is 33.6 Å². The first-order valence-corrected chi connectivity index (χ1v) is 18.1. The van der Waals surface area contributed by atoms with Crippen molar-refractivity contribution < 1.29 is 38.4 Å². The average molecular weight is 738 g/mol. The third-order valence-corrected chi connectivity index (χ3v) is 8.99. The molecule has 2 rings (SSSR count). The highest BCUT2D eigenvalue weighted by atomic mass is 35.5. The lowest BCUT2D eigenvalue weighted by Gasteiger charge is -2.31. The molecule has 2 aromatic rings. The van der Waals surface area contributed by atoms with Gasteiger partial charge in [-0.2, -0.15) is 0 Å². The van der Waals surface area contributed by atoms with Crippen LogP contribution in [0.3, 0.4) is 0 Å². The van der Waals surface area contributed by atoms with E-state index in [0.29, 0.717) is 25.7 Å². The van der Waals surface area contributed by atoms with Crippen LogP contribution in [-0.4, -0.2) is 94.5 Å². The Balaban J connectivity index is 0.0000125. The molecule has 15 heteroatoms. The summed E-state index contributed by atoms with van der Waals surface area (Å²) < 4.78 is 16.2. The van der Waals surface area contributed by atoms with E-state index < -0.39 is 59.5 Å². The van der Waals surface area contributed by atoms with Gasteiger partial charge in [-0.05, 0) is 67.5 Å². The topological polar surface area (TPSA) is 217 Å². The van der Waals surface area contributed by atoms with Crippen molar-refractivity contribution in [2.45, 2.75) is 83.3 Å². The standard InChI is InChI=1S/C35H51N5O8S.ClH/c1-23-18-26(41)19-24(2)27(23)21-29(37)33(44)38-22-31(42)40(16-11-6-5-10-14-32(43)48-3)30(20-25-12-8-7-9-13-25)35(46)39-34(45)28(36)15-17-49(4)47;/h7-9,12-13,18-19,28-30,41H,5-6,10-11,14-17,20-22,36-37H2,1-4H3,(H,38,44)(H,39,45,46);1H/t28?,29-,30-,49?;/m0./s1. The molecule has 0 aromatic heterocycles. The molecule has 0 fully saturated rings. The summed E-state index contributed by atoms with van der Waals surface area (Å²) in [5.74, 6) is -2.62. The summed E-state index contributed by atoms with van der Waals surface area (Å²) >= 11 is -1.18. The third-order valence-electron chi connectivity index (χ3n) is 8.18. The van der Waals surface area contributed by atoms with Crippen LogP contribution in [0.2, 0.25) is 0 Å². The Morgan fingerprint density at radius 2 is 1.54 bits per heavy atom. The predicted octanol–water partition coefficient (Wildman–Crippen LogP) is 1.72. The number of nitrogens with one attached hydrogen (secondary N) is 2. The Bertz CT molecular complexity index is 1390. The van der Waals surface area contributed by atoms with Gasteiger partial charge < -0.3 is 36.1 Å². The number of imide groups is 1. The van der Waals surface area contributed by atoms with Gasteiger partial charge in [0.1, 0.15) is 17.5 Å². The zero-order valence-corrected chi connectivity index (χ0v) is 30.9. The number of aryl methyl sites for hydroxylation is 2. The Hall–Kier alpha value is -3.69. The normalized spacial score (nSPS) is 13.2. The number of esters is 1. The van der Waals surface area contributed by atoms with E-state index in [4.69, 9.17) is 11.5 Å². The van der Waals surface area contributed by atoms with Crippen LogP contribution in [0.4, 0.5) is 0 Å². The van der Waals surface area contributed by atoms with Crippen LogP contribution < -0.4 is 22.1 Å². The van der Waals surface area contributed by atoms with Crippen LogP contribution in [0.5, 0.6) is 5.75 Å². The van der Waals surface area contributed by atoms with Crippen molar-refractivity contribution >= 4 is 53.2 Å². The number of phenols is 1. The van der Waals surface area contributed by atoms with E-state index in [0.717, 1.165) is 22.3 Å². The summed E-state index contributed by atoms with van der Waals surface area (Å²) in [4.78, 5) is 66.3. The van der Waals surface area contributed by atoms with Crippen LogP contribution in [0.1, 0.15) is 60.8 Å². The van der Waals surface area contributed by atoms with E-state index >= 15 is 0 Å². The lowest BCUT2D eigenvalue weighted by Crippen LogP contribution is -2.56. The molecule has 2 unspecified atom stereocenters. The fraction of sp³-hybridized carbons (Fsp3) is 0.514. The van der Waals surface area contributed by atoms with E-state index in [1.54, 1.807) is 36.4 Å². The molecule has 0 spiro atoms. The molecule has 278 valence electrons. The third kappa shape index (κ3) is 15.5. The van der Waals surface area contributed by atoms with Crippen molar-refractivity contribution in [3.8, 4) is 5.75 Å². The van der Waals surface area contributed by atoms with Gasteiger partial charge in [0.15, 0.2) is 0 Å². The number of methoxy groups -OCH3 is 1. The van der Waals surface area contributed by atoms with Crippen LogP contribution >= 0.6 is 12.4 Å². The molecule has 50 heavy (non-hydrogen) atoms. The maximum Gasteiger partial charge on any atom is 0.305 e. The van der Waals surface area contributed by atoms with Crippen LogP contribution in [0.25, 0.3) is 0 Å². The molecular weight excluding hydrogens is 686 g/mol. The highest BCUT2D eigenvalue weighted by Crippen LogP contribution is 2.22. The monoisotopic (exact) mass is 737 g/mol. The quantitative estimate of drug-likeness (QED) is 0.0753. The molecule has 0 radical (unpaired) electrons.